The maximum atomic E-state index is 12.3. The number of urea groups is 1. The summed E-state index contributed by atoms with van der Waals surface area (Å²) >= 11 is 0. The standard InChI is InChI=1S/C11H21N3O2/c1-7(6-12)14-8(15)11(5,10(2,3)4)13-9(14)16/h7H,6,12H2,1-5H3,(H,13,16). The smallest absolute Gasteiger partial charge is 0.325 e. The minimum atomic E-state index is -0.854. The average molecular weight is 227 g/mol. The SMILES string of the molecule is CC(CN)N1C(=O)NC(C)(C(C)(C)C)C1=O. The topological polar surface area (TPSA) is 75.4 Å². The van der Waals surface area contributed by atoms with Crippen molar-refractivity contribution in [2.75, 3.05) is 6.54 Å². The van der Waals surface area contributed by atoms with Crippen LogP contribution in [0.15, 0.2) is 0 Å². The van der Waals surface area contributed by atoms with Crippen molar-refractivity contribution < 1.29 is 9.59 Å². The van der Waals surface area contributed by atoms with Crippen LogP contribution in [0, 0.1) is 5.41 Å². The van der Waals surface area contributed by atoms with E-state index in [1.165, 1.54) is 4.90 Å². The van der Waals surface area contributed by atoms with E-state index in [0.29, 0.717) is 0 Å². The summed E-state index contributed by atoms with van der Waals surface area (Å²) in [6.07, 6.45) is 0. The normalized spacial score (nSPS) is 28.2. The second-order valence-corrected chi connectivity index (χ2v) is 5.57. The number of nitrogens with two attached hydrogens (primary N) is 1. The molecule has 0 aliphatic carbocycles. The number of hydrogen-bond donors (Lipinski definition) is 2. The largest absolute Gasteiger partial charge is 0.328 e. The molecule has 1 aliphatic rings. The van der Waals surface area contributed by atoms with Crippen LogP contribution < -0.4 is 11.1 Å². The summed E-state index contributed by atoms with van der Waals surface area (Å²) in [5, 5.41) is 2.77. The van der Waals surface area contributed by atoms with Gasteiger partial charge in [0.2, 0.25) is 0 Å². The number of hydrogen-bond acceptors (Lipinski definition) is 3. The van der Waals surface area contributed by atoms with Crippen LogP contribution in [0.5, 0.6) is 0 Å². The monoisotopic (exact) mass is 227 g/mol. The molecular formula is C11H21N3O2. The van der Waals surface area contributed by atoms with E-state index < -0.39 is 5.54 Å². The molecule has 1 saturated heterocycles. The predicted octanol–water partition coefficient (Wildman–Crippen LogP) is 0.690. The van der Waals surface area contributed by atoms with Gasteiger partial charge in [0.15, 0.2) is 0 Å². The third kappa shape index (κ3) is 1.69. The van der Waals surface area contributed by atoms with Gasteiger partial charge in [-0.05, 0) is 19.3 Å². The Morgan fingerprint density at radius 3 is 2.25 bits per heavy atom. The van der Waals surface area contributed by atoms with Gasteiger partial charge in [0.1, 0.15) is 5.54 Å². The van der Waals surface area contributed by atoms with Crippen LogP contribution in [0.4, 0.5) is 4.79 Å². The molecule has 0 saturated carbocycles. The van der Waals surface area contributed by atoms with Crippen molar-refractivity contribution in [2.45, 2.75) is 46.2 Å². The number of carbonyl (C=O) groups excluding carboxylic acids is 2. The zero-order valence-electron chi connectivity index (χ0n) is 10.6. The van der Waals surface area contributed by atoms with E-state index in [4.69, 9.17) is 5.73 Å². The lowest BCUT2D eigenvalue weighted by Crippen LogP contribution is -2.54. The van der Waals surface area contributed by atoms with Crippen LogP contribution >= 0.6 is 0 Å². The first-order valence-electron chi connectivity index (χ1n) is 5.51. The molecule has 0 spiro atoms. The molecule has 1 aliphatic heterocycles. The first-order chi connectivity index (χ1) is 7.15. The maximum Gasteiger partial charge on any atom is 0.325 e. The molecule has 5 nitrogen and oxygen atoms in total. The highest BCUT2D eigenvalue weighted by molar-refractivity contribution is 6.07. The van der Waals surface area contributed by atoms with Gasteiger partial charge < -0.3 is 11.1 Å². The number of imide groups is 1. The Labute approximate surface area is 96.4 Å². The quantitative estimate of drug-likeness (QED) is 0.681. The van der Waals surface area contributed by atoms with Crippen LogP contribution in [0.25, 0.3) is 0 Å². The van der Waals surface area contributed by atoms with E-state index in [2.05, 4.69) is 5.32 Å². The van der Waals surface area contributed by atoms with Crippen molar-refractivity contribution in [1.82, 2.24) is 10.2 Å². The van der Waals surface area contributed by atoms with E-state index in [-0.39, 0.29) is 29.9 Å². The van der Waals surface area contributed by atoms with Crippen LogP contribution in [0.2, 0.25) is 0 Å². The zero-order valence-corrected chi connectivity index (χ0v) is 10.6. The van der Waals surface area contributed by atoms with E-state index in [9.17, 15) is 9.59 Å². The summed E-state index contributed by atoms with van der Waals surface area (Å²) in [6, 6.07) is -0.614. The van der Waals surface area contributed by atoms with Crippen LogP contribution in [-0.2, 0) is 4.79 Å². The third-order valence-electron chi connectivity index (χ3n) is 3.50. The van der Waals surface area contributed by atoms with Crippen molar-refractivity contribution in [3.63, 3.8) is 0 Å². The predicted molar refractivity (Wildman–Crippen MR) is 61.8 cm³/mol. The summed E-state index contributed by atoms with van der Waals surface area (Å²) in [5.41, 5.74) is 4.32. The summed E-state index contributed by atoms with van der Waals surface area (Å²) in [5.74, 6) is -0.192. The summed E-state index contributed by atoms with van der Waals surface area (Å²) in [4.78, 5) is 25.3. The van der Waals surface area contributed by atoms with Gasteiger partial charge in [-0.25, -0.2) is 4.79 Å². The minimum absolute atomic E-state index is 0.192. The molecule has 0 aromatic rings. The number of carbonyl (C=O) groups is 2. The van der Waals surface area contributed by atoms with Gasteiger partial charge in [0, 0.05) is 6.54 Å². The highest BCUT2D eigenvalue weighted by Gasteiger charge is 2.55. The second kappa shape index (κ2) is 3.73. The molecule has 3 amide bonds. The van der Waals surface area contributed by atoms with E-state index >= 15 is 0 Å². The van der Waals surface area contributed by atoms with Crippen molar-refractivity contribution in [2.24, 2.45) is 11.1 Å². The summed E-state index contributed by atoms with van der Waals surface area (Å²) in [6.45, 7) is 9.60. The lowest BCUT2D eigenvalue weighted by molar-refractivity contribution is -0.135. The molecule has 0 aromatic heterocycles. The van der Waals surface area contributed by atoms with Gasteiger partial charge in [-0.15, -0.1) is 0 Å². The Bertz CT molecular complexity index is 322. The van der Waals surface area contributed by atoms with Gasteiger partial charge in [0.05, 0.1) is 6.04 Å². The van der Waals surface area contributed by atoms with E-state index in [1.54, 1.807) is 13.8 Å². The lowest BCUT2D eigenvalue weighted by atomic mass is 9.75. The Kier molecular flexibility index (Phi) is 3.02. The first-order valence-corrected chi connectivity index (χ1v) is 5.51. The number of nitrogens with zero attached hydrogens (tertiary/aromatic N) is 1. The molecule has 1 rings (SSSR count). The van der Waals surface area contributed by atoms with Crippen LogP contribution in [-0.4, -0.2) is 35.0 Å². The summed E-state index contributed by atoms with van der Waals surface area (Å²) < 4.78 is 0. The van der Waals surface area contributed by atoms with Crippen molar-refractivity contribution >= 4 is 11.9 Å². The Morgan fingerprint density at radius 2 is 1.94 bits per heavy atom. The fourth-order valence-electron chi connectivity index (χ4n) is 1.67. The van der Waals surface area contributed by atoms with E-state index in [1.807, 2.05) is 20.8 Å². The highest BCUT2D eigenvalue weighted by Crippen LogP contribution is 2.35. The number of rotatable bonds is 2. The third-order valence-corrected chi connectivity index (χ3v) is 3.50. The molecule has 1 heterocycles. The molecule has 0 aromatic carbocycles. The Morgan fingerprint density at radius 1 is 1.44 bits per heavy atom. The highest BCUT2D eigenvalue weighted by atomic mass is 16.2. The Balaban J connectivity index is 3.08. The summed E-state index contributed by atoms with van der Waals surface area (Å²) in [7, 11) is 0. The maximum absolute atomic E-state index is 12.3. The molecule has 92 valence electrons. The fourth-order valence-corrected chi connectivity index (χ4v) is 1.67. The molecule has 0 radical (unpaired) electrons. The molecule has 5 heteroatoms. The van der Waals surface area contributed by atoms with Gasteiger partial charge in [-0.3, -0.25) is 9.69 Å². The second-order valence-electron chi connectivity index (χ2n) is 5.57. The van der Waals surface area contributed by atoms with Gasteiger partial charge in [-0.2, -0.15) is 0 Å². The van der Waals surface area contributed by atoms with Crippen molar-refractivity contribution in [3.8, 4) is 0 Å². The zero-order chi connectivity index (χ0) is 12.7. The van der Waals surface area contributed by atoms with Gasteiger partial charge >= 0.3 is 6.03 Å². The molecule has 1 fully saturated rings. The molecule has 16 heavy (non-hydrogen) atoms. The molecule has 2 atom stereocenters. The van der Waals surface area contributed by atoms with Crippen LogP contribution in [0.1, 0.15) is 34.6 Å². The van der Waals surface area contributed by atoms with Crippen molar-refractivity contribution in [1.29, 1.82) is 0 Å². The number of nitrogens with one attached hydrogen (secondary N) is 1. The molecule has 2 unspecified atom stereocenters. The molecule has 3 N–H and O–H groups in total. The van der Waals surface area contributed by atoms with Crippen LogP contribution in [0.3, 0.4) is 0 Å². The Hall–Kier alpha value is -1.10. The lowest BCUT2D eigenvalue weighted by Gasteiger charge is -2.36. The molecular weight excluding hydrogens is 206 g/mol. The van der Waals surface area contributed by atoms with Gasteiger partial charge in [0.25, 0.3) is 5.91 Å². The van der Waals surface area contributed by atoms with Crippen molar-refractivity contribution in [3.05, 3.63) is 0 Å². The first kappa shape index (κ1) is 13.0. The fraction of sp³-hybridized carbons (Fsp3) is 0.818. The minimum Gasteiger partial charge on any atom is -0.328 e. The average Bonchev–Trinajstić information content (AvgIpc) is 2.37. The molecule has 0 bridgehead atoms. The van der Waals surface area contributed by atoms with E-state index in [0.717, 1.165) is 0 Å². The van der Waals surface area contributed by atoms with Gasteiger partial charge in [-0.1, -0.05) is 20.8 Å². The number of amides is 3.